The van der Waals surface area contributed by atoms with Gasteiger partial charge in [0.25, 0.3) is 0 Å². The highest BCUT2D eigenvalue weighted by Crippen LogP contribution is 2.31. The van der Waals surface area contributed by atoms with Gasteiger partial charge < -0.3 is 10.1 Å². The Morgan fingerprint density at radius 3 is 3.17 bits per heavy atom. The maximum atomic E-state index is 4.99. The van der Waals surface area contributed by atoms with E-state index in [4.69, 9.17) is 4.74 Å². The van der Waals surface area contributed by atoms with Crippen LogP contribution in [0.3, 0.4) is 0 Å². The third-order valence-corrected chi connectivity index (χ3v) is 3.63. The molecule has 0 saturated heterocycles. The van der Waals surface area contributed by atoms with Gasteiger partial charge in [-0.2, -0.15) is 0 Å². The monoisotopic (exact) mass is 252 g/mol. The van der Waals surface area contributed by atoms with Crippen LogP contribution >= 0.6 is 0 Å². The lowest BCUT2D eigenvalue weighted by Gasteiger charge is -2.26. The quantitative estimate of drug-likeness (QED) is 0.784. The van der Waals surface area contributed by atoms with E-state index >= 15 is 0 Å². The summed E-state index contributed by atoms with van der Waals surface area (Å²) in [5.74, 6) is 0.816. The fourth-order valence-corrected chi connectivity index (χ4v) is 2.61. The molecule has 0 aromatic carbocycles. The van der Waals surface area contributed by atoms with Crippen LogP contribution in [0.4, 0.5) is 0 Å². The average molecular weight is 252 g/mol. The lowest BCUT2D eigenvalue weighted by atomic mass is 9.87. The molecule has 1 aromatic heterocycles. The van der Waals surface area contributed by atoms with Gasteiger partial charge in [-0.05, 0) is 18.8 Å². The lowest BCUT2D eigenvalue weighted by Crippen LogP contribution is -2.19. The number of nitrogens with one attached hydrogen (secondary N) is 1. The van der Waals surface area contributed by atoms with Crippen LogP contribution in [-0.2, 0) is 11.3 Å². The fraction of sp³-hybridized carbons (Fsp3) is 0.846. The number of ether oxygens (including phenoxy) is 1. The van der Waals surface area contributed by atoms with Crippen molar-refractivity contribution in [3.8, 4) is 0 Å². The summed E-state index contributed by atoms with van der Waals surface area (Å²) in [6.07, 6.45) is 7.23. The molecule has 1 aromatic rings. The van der Waals surface area contributed by atoms with Crippen molar-refractivity contribution in [2.24, 2.45) is 5.92 Å². The van der Waals surface area contributed by atoms with Crippen molar-refractivity contribution in [1.29, 1.82) is 0 Å². The second-order valence-electron chi connectivity index (χ2n) is 5.29. The second-order valence-corrected chi connectivity index (χ2v) is 5.29. The molecule has 102 valence electrons. The van der Waals surface area contributed by atoms with Crippen molar-refractivity contribution in [3.05, 3.63) is 11.9 Å². The Hall–Kier alpha value is -0.940. The second kappa shape index (κ2) is 6.85. The van der Waals surface area contributed by atoms with Gasteiger partial charge in [-0.3, -0.25) is 0 Å². The van der Waals surface area contributed by atoms with Gasteiger partial charge in [-0.15, -0.1) is 5.10 Å². The van der Waals surface area contributed by atoms with Crippen molar-refractivity contribution in [2.75, 3.05) is 20.3 Å². The Balaban J connectivity index is 1.81. The number of nitrogens with zero attached hydrogens (tertiary/aromatic N) is 3. The standard InChI is InChI=1S/C13H24N4O/c1-11-4-3-5-13(8-11)17-10-12(15-16-17)9-14-6-7-18-2/h10-11,13-14H,3-9H2,1-2H3. The molecule has 1 saturated carbocycles. The van der Waals surface area contributed by atoms with E-state index in [0.29, 0.717) is 6.04 Å². The summed E-state index contributed by atoms with van der Waals surface area (Å²) >= 11 is 0. The molecule has 5 heteroatoms. The van der Waals surface area contributed by atoms with Crippen LogP contribution in [0.5, 0.6) is 0 Å². The molecule has 1 aliphatic rings. The van der Waals surface area contributed by atoms with Crippen LogP contribution in [0.25, 0.3) is 0 Å². The van der Waals surface area contributed by atoms with Gasteiger partial charge in [0.2, 0.25) is 0 Å². The van der Waals surface area contributed by atoms with E-state index in [-0.39, 0.29) is 0 Å². The summed E-state index contributed by atoms with van der Waals surface area (Å²) in [5, 5.41) is 11.8. The molecule has 2 atom stereocenters. The van der Waals surface area contributed by atoms with E-state index in [1.807, 2.05) is 0 Å². The normalized spacial score (nSPS) is 24.3. The van der Waals surface area contributed by atoms with Crippen molar-refractivity contribution >= 4 is 0 Å². The molecule has 0 amide bonds. The summed E-state index contributed by atoms with van der Waals surface area (Å²) in [4.78, 5) is 0. The van der Waals surface area contributed by atoms with Crippen LogP contribution in [-0.4, -0.2) is 35.3 Å². The van der Waals surface area contributed by atoms with Gasteiger partial charge in [-0.25, -0.2) is 4.68 Å². The summed E-state index contributed by atoms with van der Waals surface area (Å²) in [6, 6.07) is 0.550. The first-order valence-electron chi connectivity index (χ1n) is 6.90. The molecular weight excluding hydrogens is 228 g/mol. The molecule has 1 fully saturated rings. The Bertz CT molecular complexity index is 353. The SMILES string of the molecule is COCCNCc1cn(C2CCCC(C)C2)nn1. The largest absolute Gasteiger partial charge is 0.383 e. The molecule has 0 bridgehead atoms. The van der Waals surface area contributed by atoms with Crippen LogP contribution in [0.1, 0.15) is 44.3 Å². The number of hydrogen-bond acceptors (Lipinski definition) is 4. The van der Waals surface area contributed by atoms with Crippen LogP contribution in [0.15, 0.2) is 6.20 Å². The highest BCUT2D eigenvalue weighted by atomic mass is 16.5. The maximum Gasteiger partial charge on any atom is 0.0964 e. The molecule has 1 aliphatic carbocycles. The molecule has 0 spiro atoms. The number of hydrogen-bond donors (Lipinski definition) is 1. The predicted molar refractivity (Wildman–Crippen MR) is 70.3 cm³/mol. The van der Waals surface area contributed by atoms with Crippen molar-refractivity contribution in [1.82, 2.24) is 20.3 Å². The van der Waals surface area contributed by atoms with Gasteiger partial charge in [0.1, 0.15) is 0 Å². The fourth-order valence-electron chi connectivity index (χ4n) is 2.61. The topological polar surface area (TPSA) is 52.0 Å². The average Bonchev–Trinajstić information content (AvgIpc) is 2.83. The summed E-state index contributed by atoms with van der Waals surface area (Å²) in [7, 11) is 1.71. The Morgan fingerprint density at radius 2 is 2.39 bits per heavy atom. The van der Waals surface area contributed by atoms with Crippen molar-refractivity contribution < 1.29 is 4.74 Å². The molecule has 1 N–H and O–H groups in total. The Kier molecular flexibility index (Phi) is 5.13. The van der Waals surface area contributed by atoms with E-state index in [1.54, 1.807) is 7.11 Å². The molecule has 18 heavy (non-hydrogen) atoms. The minimum absolute atomic E-state index is 0.550. The first kappa shape index (κ1) is 13.5. The van der Waals surface area contributed by atoms with Gasteiger partial charge >= 0.3 is 0 Å². The van der Waals surface area contributed by atoms with Gasteiger partial charge in [0.15, 0.2) is 0 Å². The van der Waals surface area contributed by atoms with Crippen LogP contribution < -0.4 is 5.32 Å². The number of methoxy groups -OCH3 is 1. The smallest absolute Gasteiger partial charge is 0.0964 e. The minimum Gasteiger partial charge on any atom is -0.383 e. The van der Waals surface area contributed by atoms with E-state index < -0.39 is 0 Å². The minimum atomic E-state index is 0.550. The summed E-state index contributed by atoms with van der Waals surface area (Å²) < 4.78 is 7.05. The van der Waals surface area contributed by atoms with Gasteiger partial charge in [0, 0.05) is 20.2 Å². The van der Waals surface area contributed by atoms with Crippen molar-refractivity contribution in [2.45, 2.75) is 45.2 Å². The van der Waals surface area contributed by atoms with Crippen molar-refractivity contribution in [3.63, 3.8) is 0 Å². The first-order chi connectivity index (χ1) is 8.79. The molecule has 5 nitrogen and oxygen atoms in total. The molecular formula is C13H24N4O. The Morgan fingerprint density at radius 1 is 1.50 bits per heavy atom. The molecule has 2 unspecified atom stereocenters. The van der Waals surface area contributed by atoms with E-state index in [0.717, 1.165) is 31.3 Å². The molecule has 1 heterocycles. The third kappa shape index (κ3) is 3.78. The zero-order valence-electron chi connectivity index (χ0n) is 11.4. The van der Waals surface area contributed by atoms with E-state index in [2.05, 4.69) is 33.4 Å². The van der Waals surface area contributed by atoms with Gasteiger partial charge in [-0.1, -0.05) is 25.0 Å². The lowest BCUT2D eigenvalue weighted by molar-refractivity contribution is 0.199. The zero-order valence-corrected chi connectivity index (χ0v) is 11.4. The summed E-state index contributed by atoms with van der Waals surface area (Å²) in [5.41, 5.74) is 1.02. The molecule has 2 rings (SSSR count). The van der Waals surface area contributed by atoms with Crippen LogP contribution in [0.2, 0.25) is 0 Å². The molecule has 0 aliphatic heterocycles. The van der Waals surface area contributed by atoms with E-state index in [9.17, 15) is 0 Å². The highest BCUT2D eigenvalue weighted by Gasteiger charge is 2.21. The maximum absolute atomic E-state index is 4.99. The zero-order chi connectivity index (χ0) is 12.8. The Labute approximate surface area is 109 Å². The third-order valence-electron chi connectivity index (χ3n) is 3.63. The summed E-state index contributed by atoms with van der Waals surface area (Å²) in [6.45, 7) is 4.68. The number of rotatable bonds is 6. The highest BCUT2D eigenvalue weighted by molar-refractivity contribution is 4.93. The number of aromatic nitrogens is 3. The first-order valence-corrected chi connectivity index (χ1v) is 6.90. The molecule has 0 radical (unpaired) electrons. The van der Waals surface area contributed by atoms with Gasteiger partial charge in [0.05, 0.1) is 24.5 Å². The van der Waals surface area contributed by atoms with E-state index in [1.165, 1.54) is 25.7 Å². The predicted octanol–water partition coefficient (Wildman–Crippen LogP) is 1.77. The van der Waals surface area contributed by atoms with Crippen LogP contribution in [0, 0.1) is 5.92 Å².